The first kappa shape index (κ1) is 130. The molecule has 0 radical (unpaired) electrons. The minimum absolute atomic E-state index is 0.0146. The Morgan fingerprint density at radius 2 is 0.966 bits per heavy atom. The number of methoxy groups -OCH3 is 2. The number of guanidine groups is 1. The Morgan fingerprint density at radius 3 is 1.39 bits per heavy atom. The molecule has 0 bridgehead atoms. The number of piperazine rings is 2. The SMILES string of the molecule is C1CCC(N=C(NC2CCCCC2)N2CCNCC2)CC1.CCC(C)(C)OC(=O)N1CCC(OC(=O)C2CCCCC2)CC1.CCCC[N+](CCCC)(CCCC)CCCC.COCCN(CCOC)CCOCCOCCOc1c(C)cccc1C.CS(=O)(=O)[N-]S(=O)(=O)C(F)(F)C(F)(F)C(F)(F)S(=O)(=O)N1CCN(CCC(F)(F)F)CC1.O=C([O-])c1ccccc1.c1ccc([S+](c2ccccc2)c2ccccc2)cc1. The van der Waals surface area contributed by atoms with Gasteiger partial charge in [-0.05, 0) is 151 Å². The number of likely N-dealkylation sites (tertiary alicyclic amines) is 1. The summed E-state index contributed by atoms with van der Waals surface area (Å²) in [6.07, 6.45) is 25.9. The molecule has 2 N–H and O–H groups in total. The Balaban J connectivity index is 0.000000307. The van der Waals surface area contributed by atoms with Crippen molar-refractivity contribution in [3.63, 3.8) is 0 Å². The third kappa shape index (κ3) is 47.8. The van der Waals surface area contributed by atoms with Crippen molar-refractivity contribution in [3.05, 3.63) is 160 Å². The van der Waals surface area contributed by atoms with Gasteiger partial charge in [-0.1, -0.05) is 221 Å². The average Bonchev–Trinajstić information content (AvgIpc) is 0.710. The van der Waals surface area contributed by atoms with Gasteiger partial charge < -0.3 is 77.0 Å². The second-order valence-corrected chi connectivity index (χ2v) is 46.1. The van der Waals surface area contributed by atoms with Gasteiger partial charge in [0.1, 0.15) is 24.1 Å². The van der Waals surface area contributed by atoms with Crippen molar-refractivity contribution in [3.8, 4) is 5.75 Å². The van der Waals surface area contributed by atoms with Crippen molar-refractivity contribution in [2.75, 3.05) is 185 Å². The lowest BCUT2D eigenvalue weighted by Gasteiger charge is -2.39. The van der Waals surface area contributed by atoms with E-state index in [4.69, 9.17) is 38.2 Å². The molecule has 5 aromatic carbocycles. The van der Waals surface area contributed by atoms with E-state index in [0.717, 1.165) is 99.7 Å². The van der Waals surface area contributed by atoms with E-state index in [2.05, 4.69) is 165 Å². The van der Waals surface area contributed by atoms with Crippen LogP contribution in [0.4, 0.5) is 44.3 Å². The number of piperidine rings is 1. The lowest BCUT2D eigenvalue weighted by atomic mass is 9.89. The van der Waals surface area contributed by atoms with Gasteiger partial charge in [0.2, 0.25) is 0 Å². The van der Waals surface area contributed by atoms with E-state index in [1.807, 2.05) is 26.8 Å². The zero-order valence-corrected chi connectivity index (χ0v) is 92.2. The van der Waals surface area contributed by atoms with Crippen molar-refractivity contribution in [1.29, 1.82) is 0 Å². The highest BCUT2D eigenvalue weighted by Crippen LogP contribution is 2.53. The number of hydrogen-bond acceptors (Lipinski definition) is 21. The molecule has 11 rings (SSSR count). The summed E-state index contributed by atoms with van der Waals surface area (Å²) in [4.78, 5) is 51.1. The molecule has 0 spiro atoms. The fourth-order valence-electron chi connectivity index (χ4n) is 17.2. The predicted molar refractivity (Wildman–Crippen MR) is 561 cm³/mol. The zero-order chi connectivity index (χ0) is 108. The Hall–Kier alpha value is -7.45. The van der Waals surface area contributed by atoms with E-state index < -0.39 is 108 Å². The maximum atomic E-state index is 14.1. The van der Waals surface area contributed by atoms with E-state index in [1.165, 1.54) is 190 Å². The molecule has 5 aromatic rings. The molecular weight excluding hydrogens is 2000 g/mol. The molecule has 0 aromatic heterocycles. The minimum atomic E-state index is -7.20. The predicted octanol–water partition coefficient (Wildman–Crippen LogP) is 19.9. The number of nitrogens with zero attached hydrogens (tertiary/aromatic N) is 8. The van der Waals surface area contributed by atoms with Crippen molar-refractivity contribution < 1.29 is 122 Å². The maximum absolute atomic E-state index is 14.1. The molecule has 27 nitrogen and oxygen atoms in total. The number of unbranched alkanes of at least 4 members (excludes halogenated alkanes) is 4. The number of halogens is 9. The third-order valence-corrected chi connectivity index (χ3v) is 33.2. The number of aryl methyl sites for hydroxylation is 2. The molecule has 3 saturated heterocycles. The highest BCUT2D eigenvalue weighted by Gasteiger charge is 2.81. The number of hydrogen-bond donors (Lipinski definition) is 2. The van der Waals surface area contributed by atoms with Crippen LogP contribution in [-0.2, 0) is 74.2 Å². The number of aromatic carboxylic acids is 1. The topological polar surface area (TPSA) is 308 Å². The first-order valence-electron chi connectivity index (χ1n) is 52.6. The number of benzene rings is 5. The quantitative estimate of drug-likeness (QED) is 0.00695. The average molecular weight is 2170 g/mol. The monoisotopic (exact) mass is 2170 g/mol. The molecule has 6 fully saturated rings. The number of ether oxygens (including phenoxy) is 7. The standard InChI is InChI=1S/C20H35NO5.C18H31NO4.C18H15S.C17H32N4.C16H36N.C11H15F9N3O6S3.C7H6O2/c1-18-6-5-7-19(2)20(18)26-17-16-25-15-14-24-13-10-21(8-11-22-3)9-12-23-4;1-4-18(2,3)23-17(21)19-12-10-15(11-13-19)22-16(20)14-8-6-5-7-9-14;1-4-10-16(11-5-1)19(17-12-6-2-7-13-17)18-14-8-3-9-15-18;1-3-7-15(8-4-1)19-17(21-13-11-18-12-14-21)20-16-9-5-2-6-10-16;1-5-9-13-17(14-10-6-2,15-11-7-3)16-12-8-4;1-30(24,25)21-31(26,27)10(17,18)9(15,16)11(19,20)32(28,29)23-6-4-22(5-7-23)3-2-8(12,13)14;8-7(9)6-4-2-1-3-5-6/h5-7H,8-17H2,1-4H3;14-15H,4-13H2,1-3H3;1-15H;15-16,18H,1-14H2,(H,19,20);5-16H2,1-4H3;2-7H2,1H3;1-5H,(H,8,9)/q;;+1;;+1;-1;/p-1. The van der Waals surface area contributed by atoms with Gasteiger partial charge in [-0.3, -0.25) is 9.69 Å². The summed E-state index contributed by atoms with van der Waals surface area (Å²) in [5, 5.41) is 3.61. The van der Waals surface area contributed by atoms with Crippen LogP contribution in [0.2, 0.25) is 0 Å². The molecular formula is C107H169F9N10O17S4. The summed E-state index contributed by atoms with van der Waals surface area (Å²) in [6, 6.07) is 47.6. The second kappa shape index (κ2) is 68.6. The van der Waals surface area contributed by atoms with Crippen LogP contribution in [0.25, 0.3) is 4.13 Å². The van der Waals surface area contributed by atoms with Gasteiger partial charge in [-0.2, -0.15) is 43.8 Å². The van der Waals surface area contributed by atoms with Gasteiger partial charge >= 0.3 is 34.7 Å². The number of rotatable bonds is 47. The fraction of sp³-hybridized carbons (Fsp3) is 0.682. The van der Waals surface area contributed by atoms with E-state index in [0.29, 0.717) is 84.3 Å². The number of sulfonamides is 3. The molecule has 0 atom stereocenters. The number of carbonyl (C=O) groups is 3. The van der Waals surface area contributed by atoms with Gasteiger partial charge in [0.25, 0.3) is 10.0 Å². The number of carbonyl (C=O) groups excluding carboxylic acids is 3. The van der Waals surface area contributed by atoms with Crippen molar-refractivity contribution in [1.82, 2.24) is 34.5 Å². The second-order valence-electron chi connectivity index (χ2n) is 38.6. The molecule has 3 aliphatic heterocycles. The molecule has 6 aliphatic rings. The maximum Gasteiger partial charge on any atom is 0.428 e. The number of para-hydroxylation sites is 1. The lowest BCUT2D eigenvalue weighted by molar-refractivity contribution is -0.929. The summed E-state index contributed by atoms with van der Waals surface area (Å²) < 4.78 is 229. The molecule has 1 amide bonds. The molecule has 3 heterocycles. The van der Waals surface area contributed by atoms with Crippen LogP contribution in [0.1, 0.15) is 243 Å². The highest BCUT2D eigenvalue weighted by molar-refractivity contribution is 8.12. The Labute approximate surface area is 874 Å². The summed E-state index contributed by atoms with van der Waals surface area (Å²) in [5.41, 5.74) is 2.10. The lowest BCUT2D eigenvalue weighted by Crippen LogP contribution is -2.64. The Morgan fingerprint density at radius 1 is 0.531 bits per heavy atom. The van der Waals surface area contributed by atoms with Crippen LogP contribution >= 0.6 is 0 Å². The Bertz CT molecular complexity index is 4660. The summed E-state index contributed by atoms with van der Waals surface area (Å²) in [7, 11) is -15.8. The van der Waals surface area contributed by atoms with Crippen molar-refractivity contribution >= 4 is 65.0 Å². The highest BCUT2D eigenvalue weighted by atomic mass is 32.3. The number of carboxylic acids is 1. The van der Waals surface area contributed by atoms with Crippen molar-refractivity contribution in [2.45, 2.75) is 297 Å². The summed E-state index contributed by atoms with van der Waals surface area (Å²) in [5.74, 6) is -6.08. The molecule has 147 heavy (non-hydrogen) atoms. The fourth-order valence-corrected chi connectivity index (χ4v) is 23.0. The largest absolute Gasteiger partial charge is 0.545 e. The number of quaternary nitrogens is 1. The molecule has 0 unspecified atom stereocenters. The number of nitrogens with one attached hydrogen (secondary N) is 2. The first-order valence-corrected chi connectivity index (χ1v) is 58.5. The first-order chi connectivity index (χ1) is 69.9. The van der Waals surface area contributed by atoms with Gasteiger partial charge in [-0.15, -0.1) is 0 Å². The smallest absolute Gasteiger partial charge is 0.428 e. The number of amides is 1. The number of carboxylic acid groups (broad SMARTS) is 1. The van der Waals surface area contributed by atoms with Gasteiger partial charge in [0.15, 0.2) is 30.7 Å². The summed E-state index contributed by atoms with van der Waals surface area (Å²) >= 11 is 0. The van der Waals surface area contributed by atoms with Crippen LogP contribution in [0.3, 0.4) is 0 Å². The number of aliphatic imine (C=N–C) groups is 1. The third-order valence-electron chi connectivity index (χ3n) is 26.3. The molecule has 40 heteroatoms. The molecule has 836 valence electrons. The van der Waals surface area contributed by atoms with Crippen LogP contribution < -0.4 is 20.5 Å². The number of esters is 1. The van der Waals surface area contributed by atoms with Gasteiger partial charge in [-0.25, -0.2) is 35.0 Å². The van der Waals surface area contributed by atoms with Gasteiger partial charge in [0.05, 0.1) is 111 Å². The van der Waals surface area contributed by atoms with E-state index in [1.54, 1.807) is 37.3 Å². The van der Waals surface area contributed by atoms with E-state index in [9.17, 15) is 84.3 Å². The summed E-state index contributed by atoms with van der Waals surface area (Å²) in [6.45, 7) is 33.4. The van der Waals surface area contributed by atoms with E-state index in [-0.39, 0.29) is 46.8 Å². The van der Waals surface area contributed by atoms with Crippen molar-refractivity contribution in [2.24, 2.45) is 10.9 Å². The van der Waals surface area contributed by atoms with E-state index >= 15 is 0 Å². The Kier molecular flexibility index (Phi) is 60.6. The van der Waals surface area contributed by atoms with Crippen LogP contribution in [0, 0.1) is 19.8 Å². The normalized spacial score (nSPS) is 16.6. The van der Waals surface area contributed by atoms with Crippen LogP contribution in [-0.4, -0.2) is 309 Å². The van der Waals surface area contributed by atoms with Crippen LogP contribution in [0.15, 0.2) is 159 Å². The van der Waals surface area contributed by atoms with Crippen LogP contribution in [0.5, 0.6) is 5.75 Å². The molecule has 3 saturated carbocycles. The van der Waals surface area contributed by atoms with Gasteiger partial charge in [0, 0.05) is 131 Å². The zero-order valence-electron chi connectivity index (χ0n) is 88.9. The number of alkyl halides is 9. The minimum Gasteiger partial charge on any atom is -0.545 e. The molecule has 3 aliphatic carbocycles.